The molecule has 1 aliphatic rings. The third-order valence-corrected chi connectivity index (χ3v) is 6.38. The molecule has 0 saturated heterocycles. The second-order valence-electron chi connectivity index (χ2n) is 7.52. The van der Waals surface area contributed by atoms with Crippen LogP contribution in [0.1, 0.15) is 99.3 Å². The van der Waals surface area contributed by atoms with Crippen LogP contribution < -0.4 is 0 Å². The Morgan fingerprint density at radius 3 is 1.76 bits per heavy atom. The SMILES string of the molecule is CCC(C)(C)C(=O)OC1(C(CC)(CC)CC)CCCCC1. The zero-order valence-electron chi connectivity index (χ0n) is 15.2. The molecule has 0 spiro atoms. The Labute approximate surface area is 132 Å². The minimum absolute atomic E-state index is 0.00613. The van der Waals surface area contributed by atoms with Crippen molar-refractivity contribution in [1.82, 2.24) is 0 Å². The maximum Gasteiger partial charge on any atom is 0.312 e. The highest BCUT2D eigenvalue weighted by Crippen LogP contribution is 2.52. The quantitative estimate of drug-likeness (QED) is 0.548. The zero-order chi connectivity index (χ0) is 16.1. The van der Waals surface area contributed by atoms with E-state index in [1.54, 1.807) is 0 Å². The van der Waals surface area contributed by atoms with Crippen LogP contribution in [0.4, 0.5) is 0 Å². The van der Waals surface area contributed by atoms with E-state index < -0.39 is 0 Å². The van der Waals surface area contributed by atoms with Crippen molar-refractivity contribution in [3.63, 3.8) is 0 Å². The van der Waals surface area contributed by atoms with Gasteiger partial charge in [-0.05, 0) is 65.2 Å². The lowest BCUT2D eigenvalue weighted by molar-refractivity contribution is -0.198. The summed E-state index contributed by atoms with van der Waals surface area (Å²) < 4.78 is 6.33. The van der Waals surface area contributed by atoms with Gasteiger partial charge in [-0.2, -0.15) is 0 Å². The Morgan fingerprint density at radius 2 is 1.38 bits per heavy atom. The molecule has 2 heteroatoms. The predicted molar refractivity (Wildman–Crippen MR) is 89.3 cm³/mol. The first kappa shape index (κ1) is 18.5. The summed E-state index contributed by atoms with van der Waals surface area (Å²) in [6, 6.07) is 0. The van der Waals surface area contributed by atoms with Crippen molar-refractivity contribution in [3.05, 3.63) is 0 Å². The minimum Gasteiger partial charge on any atom is -0.458 e. The van der Waals surface area contributed by atoms with Gasteiger partial charge in [0, 0.05) is 5.41 Å². The minimum atomic E-state index is -0.370. The van der Waals surface area contributed by atoms with Crippen LogP contribution in [0, 0.1) is 10.8 Å². The molecule has 1 rings (SSSR count). The molecule has 0 heterocycles. The lowest BCUT2D eigenvalue weighted by Crippen LogP contribution is -2.53. The lowest BCUT2D eigenvalue weighted by Gasteiger charge is -2.52. The summed E-state index contributed by atoms with van der Waals surface area (Å²) in [7, 11) is 0. The zero-order valence-corrected chi connectivity index (χ0v) is 15.2. The highest BCUT2D eigenvalue weighted by molar-refractivity contribution is 5.76. The number of hydrogen-bond acceptors (Lipinski definition) is 2. The fourth-order valence-corrected chi connectivity index (χ4v) is 4.04. The number of ether oxygens (including phenoxy) is 1. The summed E-state index contributed by atoms with van der Waals surface area (Å²) in [4.78, 5) is 12.7. The average molecular weight is 296 g/mol. The van der Waals surface area contributed by atoms with Crippen molar-refractivity contribution in [2.45, 2.75) is 105 Å². The summed E-state index contributed by atoms with van der Waals surface area (Å²) in [6.07, 6.45) is 9.90. The van der Waals surface area contributed by atoms with Gasteiger partial charge in [0.25, 0.3) is 0 Å². The van der Waals surface area contributed by atoms with Crippen LogP contribution in [0.3, 0.4) is 0 Å². The summed E-state index contributed by atoms with van der Waals surface area (Å²) in [5.41, 5.74) is -0.453. The van der Waals surface area contributed by atoms with Gasteiger partial charge in [-0.1, -0.05) is 34.1 Å². The molecule has 0 aliphatic heterocycles. The molecule has 0 N–H and O–H groups in total. The second kappa shape index (κ2) is 7.15. The first-order chi connectivity index (χ1) is 9.83. The van der Waals surface area contributed by atoms with Gasteiger partial charge in [0.1, 0.15) is 5.60 Å². The molecule has 2 nitrogen and oxygen atoms in total. The fraction of sp³-hybridized carbons (Fsp3) is 0.947. The van der Waals surface area contributed by atoms with E-state index in [0.29, 0.717) is 0 Å². The molecule has 0 aromatic rings. The van der Waals surface area contributed by atoms with Gasteiger partial charge in [0.05, 0.1) is 5.41 Å². The van der Waals surface area contributed by atoms with Crippen molar-refractivity contribution >= 4 is 5.97 Å². The molecule has 1 fully saturated rings. The van der Waals surface area contributed by atoms with Crippen LogP contribution in [0.15, 0.2) is 0 Å². The predicted octanol–water partition coefficient (Wildman–Crippen LogP) is 5.89. The van der Waals surface area contributed by atoms with Crippen molar-refractivity contribution < 1.29 is 9.53 Å². The largest absolute Gasteiger partial charge is 0.458 e. The van der Waals surface area contributed by atoms with E-state index in [1.165, 1.54) is 19.3 Å². The van der Waals surface area contributed by atoms with Crippen molar-refractivity contribution in [1.29, 1.82) is 0 Å². The Balaban J connectivity index is 3.12. The van der Waals surface area contributed by atoms with Crippen molar-refractivity contribution in [2.24, 2.45) is 10.8 Å². The maximum atomic E-state index is 12.7. The molecule has 0 aromatic carbocycles. The van der Waals surface area contributed by atoms with Crippen LogP contribution in [0.2, 0.25) is 0 Å². The van der Waals surface area contributed by atoms with E-state index in [4.69, 9.17) is 4.74 Å². The fourth-order valence-electron chi connectivity index (χ4n) is 4.04. The first-order valence-corrected chi connectivity index (χ1v) is 9.06. The van der Waals surface area contributed by atoms with Gasteiger partial charge in [-0.3, -0.25) is 4.79 Å². The molecule has 1 aliphatic carbocycles. The van der Waals surface area contributed by atoms with E-state index >= 15 is 0 Å². The van der Waals surface area contributed by atoms with Gasteiger partial charge in [-0.25, -0.2) is 0 Å². The number of hydrogen-bond donors (Lipinski definition) is 0. The van der Waals surface area contributed by atoms with Crippen molar-refractivity contribution in [3.8, 4) is 0 Å². The third-order valence-electron chi connectivity index (χ3n) is 6.38. The Bertz CT molecular complexity index is 325. The van der Waals surface area contributed by atoms with Crippen molar-refractivity contribution in [2.75, 3.05) is 0 Å². The Hall–Kier alpha value is -0.530. The van der Waals surface area contributed by atoms with E-state index in [-0.39, 0.29) is 22.4 Å². The standard InChI is InChI=1S/C19H36O2/c1-7-17(5,6)16(20)21-19(14-12-11-13-15-19)18(8-2,9-3)10-4/h7-15H2,1-6H3. The monoisotopic (exact) mass is 296 g/mol. The van der Waals surface area contributed by atoms with E-state index in [2.05, 4.69) is 27.7 Å². The lowest BCUT2D eigenvalue weighted by atomic mass is 9.60. The maximum absolute atomic E-state index is 12.7. The van der Waals surface area contributed by atoms with E-state index in [1.807, 2.05) is 13.8 Å². The number of esters is 1. The third kappa shape index (κ3) is 3.46. The molecule has 21 heavy (non-hydrogen) atoms. The number of rotatable bonds is 7. The molecule has 1 saturated carbocycles. The summed E-state index contributed by atoms with van der Waals surface area (Å²) in [5.74, 6) is 0.00613. The van der Waals surface area contributed by atoms with Gasteiger partial charge in [0.2, 0.25) is 0 Å². The number of carbonyl (C=O) groups is 1. The van der Waals surface area contributed by atoms with E-state index in [0.717, 1.165) is 38.5 Å². The molecular formula is C19H36O2. The molecule has 0 bridgehead atoms. The Morgan fingerprint density at radius 1 is 0.905 bits per heavy atom. The van der Waals surface area contributed by atoms with Crippen LogP contribution in [0.5, 0.6) is 0 Å². The number of carbonyl (C=O) groups excluding carboxylic acids is 1. The Kier molecular flexibility index (Phi) is 6.31. The molecule has 0 radical (unpaired) electrons. The average Bonchev–Trinajstić information content (AvgIpc) is 2.50. The first-order valence-electron chi connectivity index (χ1n) is 9.06. The molecule has 0 unspecified atom stereocenters. The van der Waals surface area contributed by atoms with Crippen LogP contribution in [0.25, 0.3) is 0 Å². The second-order valence-corrected chi connectivity index (χ2v) is 7.52. The highest BCUT2D eigenvalue weighted by Gasteiger charge is 2.52. The molecule has 0 aromatic heterocycles. The van der Waals surface area contributed by atoms with Gasteiger partial charge >= 0.3 is 5.97 Å². The summed E-state index contributed by atoms with van der Waals surface area (Å²) in [6.45, 7) is 12.9. The molecular weight excluding hydrogens is 260 g/mol. The summed E-state index contributed by atoms with van der Waals surface area (Å²) >= 11 is 0. The highest BCUT2D eigenvalue weighted by atomic mass is 16.6. The molecule has 0 amide bonds. The van der Waals surface area contributed by atoms with Gasteiger partial charge < -0.3 is 4.74 Å². The van der Waals surface area contributed by atoms with Crippen LogP contribution in [-0.4, -0.2) is 11.6 Å². The smallest absolute Gasteiger partial charge is 0.312 e. The normalized spacial score (nSPS) is 19.3. The summed E-state index contributed by atoms with van der Waals surface area (Å²) in [5, 5.41) is 0. The van der Waals surface area contributed by atoms with Crippen LogP contribution >= 0.6 is 0 Å². The van der Waals surface area contributed by atoms with Gasteiger partial charge in [-0.15, -0.1) is 0 Å². The van der Waals surface area contributed by atoms with E-state index in [9.17, 15) is 4.79 Å². The molecule has 124 valence electrons. The molecule has 0 atom stereocenters. The topological polar surface area (TPSA) is 26.3 Å². The van der Waals surface area contributed by atoms with Gasteiger partial charge in [0.15, 0.2) is 0 Å². The van der Waals surface area contributed by atoms with Crippen LogP contribution in [-0.2, 0) is 9.53 Å².